The van der Waals surface area contributed by atoms with E-state index in [4.69, 9.17) is 9.47 Å². The molecule has 0 bridgehead atoms. The van der Waals surface area contributed by atoms with Crippen molar-refractivity contribution in [2.24, 2.45) is 0 Å². The van der Waals surface area contributed by atoms with Gasteiger partial charge in [-0.15, -0.1) is 0 Å². The third-order valence-electron chi connectivity index (χ3n) is 2.73. The number of hydrogen-bond acceptors (Lipinski definition) is 4. The molecule has 4 nitrogen and oxygen atoms in total. The maximum Gasteiger partial charge on any atom is 0.171 e. The first-order valence-corrected chi connectivity index (χ1v) is 6.97. The van der Waals surface area contributed by atoms with Crippen LogP contribution in [-0.4, -0.2) is 42.7 Å². The Labute approximate surface area is 110 Å². The first-order valence-electron chi connectivity index (χ1n) is 5.85. The van der Waals surface area contributed by atoms with E-state index in [2.05, 4.69) is 25.8 Å². The van der Waals surface area contributed by atoms with Crippen molar-refractivity contribution in [3.05, 3.63) is 18.3 Å². The van der Waals surface area contributed by atoms with Crippen LogP contribution >= 0.6 is 15.9 Å². The highest BCUT2D eigenvalue weighted by Gasteiger charge is 2.25. The first kappa shape index (κ1) is 12.6. The second-order valence-electron chi connectivity index (χ2n) is 3.83. The lowest BCUT2D eigenvalue weighted by Crippen LogP contribution is -2.47. The molecule has 0 saturated carbocycles. The Bertz CT molecular complexity index is 362. The maximum absolute atomic E-state index is 5.62. The molecule has 1 aromatic heterocycles. The molecule has 0 amide bonds. The van der Waals surface area contributed by atoms with Crippen molar-refractivity contribution in [3.8, 4) is 5.75 Å². The molecule has 1 atom stereocenters. The average Bonchev–Trinajstić information content (AvgIpc) is 2.40. The van der Waals surface area contributed by atoms with Crippen LogP contribution in [-0.2, 0) is 4.74 Å². The smallest absolute Gasteiger partial charge is 0.171 e. The normalized spacial score (nSPS) is 20.4. The van der Waals surface area contributed by atoms with Crippen molar-refractivity contribution in [2.75, 3.05) is 36.6 Å². The minimum Gasteiger partial charge on any atom is -0.490 e. The van der Waals surface area contributed by atoms with Crippen molar-refractivity contribution in [3.63, 3.8) is 0 Å². The molecule has 1 fully saturated rings. The molecule has 0 radical (unpaired) electrons. The number of pyridine rings is 1. The van der Waals surface area contributed by atoms with Crippen LogP contribution in [0.5, 0.6) is 5.75 Å². The Balaban J connectivity index is 2.24. The van der Waals surface area contributed by atoms with Crippen LogP contribution in [0.15, 0.2) is 18.3 Å². The quantitative estimate of drug-likeness (QED) is 0.798. The Morgan fingerprint density at radius 1 is 1.65 bits per heavy atom. The summed E-state index contributed by atoms with van der Waals surface area (Å²) < 4.78 is 11.1. The molecule has 2 rings (SSSR count). The van der Waals surface area contributed by atoms with Crippen LogP contribution in [0.2, 0.25) is 0 Å². The second-order valence-corrected chi connectivity index (χ2v) is 4.48. The van der Waals surface area contributed by atoms with E-state index in [0.717, 1.165) is 36.7 Å². The molecule has 1 aliphatic heterocycles. The van der Waals surface area contributed by atoms with Gasteiger partial charge in [0.05, 0.1) is 25.9 Å². The number of ether oxygens (including phenoxy) is 2. The zero-order valence-corrected chi connectivity index (χ0v) is 11.5. The van der Waals surface area contributed by atoms with Gasteiger partial charge in [-0.05, 0) is 19.1 Å². The lowest BCUT2D eigenvalue weighted by molar-refractivity contribution is 0.0996. The highest BCUT2D eigenvalue weighted by atomic mass is 79.9. The monoisotopic (exact) mass is 300 g/mol. The molecule has 94 valence electrons. The molecule has 1 saturated heterocycles. The zero-order chi connectivity index (χ0) is 12.1. The summed E-state index contributed by atoms with van der Waals surface area (Å²) >= 11 is 3.52. The highest BCUT2D eigenvalue weighted by molar-refractivity contribution is 9.09. The van der Waals surface area contributed by atoms with E-state index in [1.807, 2.05) is 19.1 Å². The summed E-state index contributed by atoms with van der Waals surface area (Å²) in [4.78, 5) is 6.70. The molecule has 1 unspecified atom stereocenters. The van der Waals surface area contributed by atoms with Crippen LogP contribution in [0.1, 0.15) is 6.92 Å². The Morgan fingerprint density at radius 3 is 3.29 bits per heavy atom. The Morgan fingerprint density at radius 2 is 2.53 bits per heavy atom. The van der Waals surface area contributed by atoms with Crippen molar-refractivity contribution in [1.82, 2.24) is 4.98 Å². The van der Waals surface area contributed by atoms with E-state index < -0.39 is 0 Å². The lowest BCUT2D eigenvalue weighted by Gasteiger charge is -2.36. The molecule has 0 aliphatic carbocycles. The third kappa shape index (κ3) is 2.90. The van der Waals surface area contributed by atoms with Gasteiger partial charge in [0.1, 0.15) is 0 Å². The maximum atomic E-state index is 5.62. The molecule has 1 aromatic rings. The second kappa shape index (κ2) is 6.21. The Kier molecular flexibility index (Phi) is 4.62. The number of nitrogens with zero attached hydrogens (tertiary/aromatic N) is 2. The van der Waals surface area contributed by atoms with Gasteiger partial charge in [-0.1, -0.05) is 15.9 Å². The fraction of sp³-hybridized carbons (Fsp3) is 0.583. The minimum absolute atomic E-state index is 0.317. The van der Waals surface area contributed by atoms with Crippen LogP contribution in [0, 0.1) is 0 Å². The van der Waals surface area contributed by atoms with Crippen LogP contribution in [0.3, 0.4) is 0 Å². The topological polar surface area (TPSA) is 34.6 Å². The van der Waals surface area contributed by atoms with Gasteiger partial charge in [-0.3, -0.25) is 0 Å². The van der Waals surface area contributed by atoms with E-state index in [0.29, 0.717) is 12.6 Å². The molecule has 0 N–H and O–H groups in total. The summed E-state index contributed by atoms with van der Waals surface area (Å²) in [6.45, 7) is 4.96. The Hall–Kier alpha value is -0.810. The van der Waals surface area contributed by atoms with E-state index in [9.17, 15) is 0 Å². The van der Waals surface area contributed by atoms with Crippen molar-refractivity contribution >= 4 is 21.7 Å². The lowest BCUT2D eigenvalue weighted by atomic mass is 10.2. The fourth-order valence-corrected chi connectivity index (χ4v) is 2.46. The summed E-state index contributed by atoms with van der Waals surface area (Å²) in [5.74, 6) is 1.77. The predicted molar refractivity (Wildman–Crippen MR) is 71.2 cm³/mol. The molecule has 1 aliphatic rings. The third-order valence-corrected chi connectivity index (χ3v) is 3.48. The molecule has 0 aromatic carbocycles. The molecule has 0 spiro atoms. The number of rotatable bonds is 4. The van der Waals surface area contributed by atoms with Gasteiger partial charge in [-0.25, -0.2) is 4.98 Å². The van der Waals surface area contributed by atoms with Crippen molar-refractivity contribution < 1.29 is 9.47 Å². The average molecular weight is 301 g/mol. The van der Waals surface area contributed by atoms with Gasteiger partial charge in [0.25, 0.3) is 0 Å². The van der Waals surface area contributed by atoms with Crippen molar-refractivity contribution in [2.45, 2.75) is 13.0 Å². The number of halogens is 1. The number of morpholine rings is 1. The first-order chi connectivity index (χ1) is 8.36. The largest absolute Gasteiger partial charge is 0.490 e. The summed E-state index contributed by atoms with van der Waals surface area (Å²) in [7, 11) is 0. The SMILES string of the molecule is CCOc1cccnc1N1CCOCC1CBr. The molecule has 17 heavy (non-hydrogen) atoms. The zero-order valence-electron chi connectivity index (χ0n) is 9.93. The number of anilines is 1. The molecule has 2 heterocycles. The molecular weight excluding hydrogens is 284 g/mol. The number of alkyl halides is 1. The molecular formula is C12H17BrN2O2. The molecule has 5 heteroatoms. The summed E-state index contributed by atoms with van der Waals surface area (Å²) in [6.07, 6.45) is 1.80. The van der Waals surface area contributed by atoms with E-state index in [1.54, 1.807) is 6.20 Å². The van der Waals surface area contributed by atoms with Gasteiger partial charge >= 0.3 is 0 Å². The summed E-state index contributed by atoms with van der Waals surface area (Å²) in [6, 6.07) is 4.18. The predicted octanol–water partition coefficient (Wildman–Crippen LogP) is 2.08. The van der Waals surface area contributed by atoms with Crippen LogP contribution < -0.4 is 9.64 Å². The van der Waals surface area contributed by atoms with Gasteiger partial charge in [0.2, 0.25) is 0 Å². The number of hydrogen-bond donors (Lipinski definition) is 0. The van der Waals surface area contributed by atoms with Gasteiger partial charge in [0, 0.05) is 18.1 Å². The highest BCUT2D eigenvalue weighted by Crippen LogP contribution is 2.28. The van der Waals surface area contributed by atoms with E-state index in [-0.39, 0.29) is 0 Å². The van der Waals surface area contributed by atoms with E-state index in [1.165, 1.54) is 0 Å². The number of aromatic nitrogens is 1. The van der Waals surface area contributed by atoms with Gasteiger partial charge in [0.15, 0.2) is 11.6 Å². The summed E-state index contributed by atoms with van der Waals surface area (Å²) in [5, 5.41) is 0.870. The van der Waals surface area contributed by atoms with Crippen LogP contribution in [0.4, 0.5) is 5.82 Å². The van der Waals surface area contributed by atoms with Crippen LogP contribution in [0.25, 0.3) is 0 Å². The van der Waals surface area contributed by atoms with Gasteiger partial charge < -0.3 is 14.4 Å². The fourth-order valence-electron chi connectivity index (χ4n) is 1.93. The minimum atomic E-state index is 0.317. The van der Waals surface area contributed by atoms with Crippen molar-refractivity contribution in [1.29, 1.82) is 0 Å². The van der Waals surface area contributed by atoms with E-state index >= 15 is 0 Å². The summed E-state index contributed by atoms with van der Waals surface area (Å²) in [5.41, 5.74) is 0. The van der Waals surface area contributed by atoms with Gasteiger partial charge in [-0.2, -0.15) is 0 Å². The standard InChI is InChI=1S/C12H17BrN2O2/c1-2-17-11-4-3-5-14-12(11)15-6-7-16-9-10(15)8-13/h3-5,10H,2,6-9H2,1H3.